The first-order valence-corrected chi connectivity index (χ1v) is 5.29. The first kappa shape index (κ1) is 10.1. The van der Waals surface area contributed by atoms with Crippen LogP contribution in [0.5, 0.6) is 0 Å². The van der Waals surface area contributed by atoms with Gasteiger partial charge in [-0.25, -0.2) is 0 Å². The van der Waals surface area contributed by atoms with Gasteiger partial charge in [0.2, 0.25) is 0 Å². The van der Waals surface area contributed by atoms with Gasteiger partial charge in [0.1, 0.15) is 12.2 Å². The number of nitriles is 1. The minimum absolute atomic E-state index is 0.135. The number of fused-ring (bicyclic) bond motifs is 1. The molecular weight excluding hydrogens is 210 g/mol. The van der Waals surface area contributed by atoms with Crippen LogP contribution in [-0.4, -0.2) is 26.1 Å². The molecule has 0 aromatic heterocycles. The highest BCUT2D eigenvalue weighted by Crippen LogP contribution is 2.40. The lowest BCUT2D eigenvalue weighted by Gasteiger charge is -2.25. The van der Waals surface area contributed by atoms with Crippen molar-refractivity contribution < 1.29 is 0 Å². The number of para-hydroxylation sites is 1. The average molecular weight is 222 g/mol. The van der Waals surface area contributed by atoms with Crippen molar-refractivity contribution >= 4 is 23.0 Å². The molecule has 78 valence electrons. The number of benzene rings is 1. The van der Waals surface area contributed by atoms with E-state index >= 15 is 0 Å². The summed E-state index contributed by atoms with van der Waals surface area (Å²) in [4.78, 5) is 4.16. The summed E-state index contributed by atoms with van der Waals surface area (Å²) < 4.78 is 0. The summed E-state index contributed by atoms with van der Waals surface area (Å²) in [5.74, 6) is 0.520. The molecule has 1 aromatic rings. The van der Waals surface area contributed by atoms with E-state index in [9.17, 15) is 0 Å². The maximum atomic E-state index is 9.04. The molecule has 1 atom stereocenters. The molecule has 0 radical (unpaired) electrons. The third kappa shape index (κ3) is 1.33. The zero-order valence-electron chi connectivity index (χ0n) is 8.74. The second-order valence-electron chi connectivity index (χ2n) is 3.64. The SMILES string of the molecule is CN1c2cccc(C#N)c2N(C)C1CCl. The molecule has 3 nitrogen and oxygen atoms in total. The molecule has 1 heterocycles. The monoisotopic (exact) mass is 221 g/mol. The number of anilines is 2. The van der Waals surface area contributed by atoms with Crippen LogP contribution in [-0.2, 0) is 0 Å². The largest absolute Gasteiger partial charge is 0.352 e. The standard InChI is InChI=1S/C11H12ClN3/c1-14-9-5-3-4-8(7-13)11(9)15(2)10(14)6-12/h3-5,10H,6H2,1-2H3. The topological polar surface area (TPSA) is 30.3 Å². The van der Waals surface area contributed by atoms with Crippen LogP contribution in [0.25, 0.3) is 0 Å². The Morgan fingerprint density at radius 2 is 2.13 bits per heavy atom. The van der Waals surface area contributed by atoms with E-state index in [4.69, 9.17) is 16.9 Å². The van der Waals surface area contributed by atoms with Crippen LogP contribution in [0.2, 0.25) is 0 Å². The predicted octanol–water partition coefficient (Wildman–Crippen LogP) is 2.01. The van der Waals surface area contributed by atoms with Gasteiger partial charge in [0.15, 0.2) is 0 Å². The number of halogens is 1. The van der Waals surface area contributed by atoms with E-state index in [1.165, 1.54) is 0 Å². The van der Waals surface area contributed by atoms with Gasteiger partial charge < -0.3 is 9.80 Å². The fourth-order valence-electron chi connectivity index (χ4n) is 2.05. The maximum absolute atomic E-state index is 9.04. The Hall–Kier alpha value is -1.40. The molecule has 0 saturated carbocycles. The second kappa shape index (κ2) is 3.63. The molecule has 0 aliphatic carbocycles. The number of rotatable bonds is 1. The van der Waals surface area contributed by atoms with E-state index < -0.39 is 0 Å². The highest BCUT2D eigenvalue weighted by molar-refractivity contribution is 6.18. The van der Waals surface area contributed by atoms with E-state index in [0.717, 1.165) is 11.4 Å². The van der Waals surface area contributed by atoms with Gasteiger partial charge in [-0.05, 0) is 12.1 Å². The van der Waals surface area contributed by atoms with Gasteiger partial charge in [0.25, 0.3) is 0 Å². The minimum Gasteiger partial charge on any atom is -0.352 e. The van der Waals surface area contributed by atoms with Crippen LogP contribution >= 0.6 is 11.6 Å². The molecule has 1 aromatic carbocycles. The smallest absolute Gasteiger partial charge is 0.115 e. The summed E-state index contributed by atoms with van der Waals surface area (Å²) in [5, 5.41) is 9.04. The van der Waals surface area contributed by atoms with E-state index in [0.29, 0.717) is 11.4 Å². The van der Waals surface area contributed by atoms with Crippen molar-refractivity contribution in [3.8, 4) is 6.07 Å². The minimum atomic E-state index is 0.135. The Morgan fingerprint density at radius 1 is 1.40 bits per heavy atom. The molecule has 0 fully saturated rings. The van der Waals surface area contributed by atoms with Crippen LogP contribution < -0.4 is 9.80 Å². The van der Waals surface area contributed by atoms with E-state index in [2.05, 4.69) is 15.9 Å². The third-order valence-electron chi connectivity index (χ3n) is 2.90. The van der Waals surface area contributed by atoms with Gasteiger partial charge >= 0.3 is 0 Å². The number of hydrogen-bond donors (Lipinski definition) is 0. The molecule has 0 spiro atoms. The Kier molecular flexibility index (Phi) is 2.45. The molecule has 0 bridgehead atoms. The Labute approximate surface area is 94.5 Å². The molecule has 0 N–H and O–H groups in total. The highest BCUT2D eigenvalue weighted by Gasteiger charge is 2.32. The van der Waals surface area contributed by atoms with E-state index in [-0.39, 0.29) is 6.17 Å². The molecule has 4 heteroatoms. The van der Waals surface area contributed by atoms with E-state index in [1.54, 1.807) is 0 Å². The summed E-state index contributed by atoms with van der Waals surface area (Å²) in [5.41, 5.74) is 2.75. The number of nitrogens with zero attached hydrogens (tertiary/aromatic N) is 3. The molecular formula is C11H12ClN3. The van der Waals surface area contributed by atoms with Gasteiger partial charge in [-0.3, -0.25) is 0 Å². The van der Waals surface area contributed by atoms with Gasteiger partial charge in [0.05, 0.1) is 22.8 Å². The first-order valence-electron chi connectivity index (χ1n) is 4.75. The zero-order valence-corrected chi connectivity index (χ0v) is 9.49. The average Bonchev–Trinajstić information content (AvgIpc) is 2.51. The number of hydrogen-bond acceptors (Lipinski definition) is 3. The normalized spacial score (nSPS) is 18.9. The van der Waals surface area contributed by atoms with Crippen LogP contribution in [0.1, 0.15) is 5.56 Å². The van der Waals surface area contributed by atoms with Gasteiger partial charge in [-0.2, -0.15) is 5.26 Å². The van der Waals surface area contributed by atoms with Crippen molar-refractivity contribution in [1.82, 2.24) is 0 Å². The van der Waals surface area contributed by atoms with Gasteiger partial charge in [-0.15, -0.1) is 11.6 Å². The van der Waals surface area contributed by atoms with Crippen LogP contribution in [0.4, 0.5) is 11.4 Å². The van der Waals surface area contributed by atoms with Crippen molar-refractivity contribution in [2.24, 2.45) is 0 Å². The summed E-state index contributed by atoms with van der Waals surface area (Å²) >= 11 is 5.92. The van der Waals surface area contributed by atoms with Crippen molar-refractivity contribution in [3.63, 3.8) is 0 Å². The third-order valence-corrected chi connectivity index (χ3v) is 3.18. The summed E-state index contributed by atoms with van der Waals surface area (Å²) in [6.45, 7) is 0. The lowest BCUT2D eigenvalue weighted by Crippen LogP contribution is -2.40. The number of alkyl halides is 1. The molecule has 2 rings (SSSR count). The van der Waals surface area contributed by atoms with Crippen molar-refractivity contribution in [2.45, 2.75) is 6.17 Å². The molecule has 1 unspecified atom stereocenters. The van der Waals surface area contributed by atoms with Crippen LogP contribution in [0.15, 0.2) is 18.2 Å². The van der Waals surface area contributed by atoms with Crippen molar-refractivity contribution in [2.75, 3.05) is 29.8 Å². The van der Waals surface area contributed by atoms with Crippen LogP contribution in [0, 0.1) is 11.3 Å². The van der Waals surface area contributed by atoms with Crippen molar-refractivity contribution in [3.05, 3.63) is 23.8 Å². The maximum Gasteiger partial charge on any atom is 0.115 e. The van der Waals surface area contributed by atoms with Crippen molar-refractivity contribution in [1.29, 1.82) is 5.26 Å². The first-order chi connectivity index (χ1) is 7.20. The molecule has 1 aliphatic rings. The quantitative estimate of drug-likeness (QED) is 0.680. The summed E-state index contributed by atoms with van der Waals surface area (Å²) in [6, 6.07) is 7.96. The van der Waals surface area contributed by atoms with Crippen LogP contribution in [0.3, 0.4) is 0 Å². The predicted molar refractivity (Wildman–Crippen MR) is 62.5 cm³/mol. The molecule has 1 aliphatic heterocycles. The highest BCUT2D eigenvalue weighted by atomic mass is 35.5. The summed E-state index contributed by atoms with van der Waals surface area (Å²) in [7, 11) is 3.97. The zero-order chi connectivity index (χ0) is 11.0. The summed E-state index contributed by atoms with van der Waals surface area (Å²) in [6.07, 6.45) is 0.135. The fourth-order valence-corrected chi connectivity index (χ4v) is 2.47. The lowest BCUT2D eigenvalue weighted by atomic mass is 10.1. The Balaban J connectivity index is 2.57. The Bertz CT molecular complexity index is 424. The lowest BCUT2D eigenvalue weighted by molar-refractivity contribution is 0.716. The fraction of sp³-hybridized carbons (Fsp3) is 0.364. The molecule has 15 heavy (non-hydrogen) atoms. The van der Waals surface area contributed by atoms with Gasteiger partial charge in [-0.1, -0.05) is 6.07 Å². The van der Waals surface area contributed by atoms with Gasteiger partial charge in [0, 0.05) is 14.1 Å². The molecule has 0 saturated heterocycles. The Morgan fingerprint density at radius 3 is 2.73 bits per heavy atom. The molecule has 0 amide bonds. The van der Waals surface area contributed by atoms with E-state index in [1.807, 2.05) is 32.3 Å². The second-order valence-corrected chi connectivity index (χ2v) is 3.95.